The van der Waals surface area contributed by atoms with Crippen molar-refractivity contribution in [3.05, 3.63) is 69.7 Å². The van der Waals surface area contributed by atoms with Crippen molar-refractivity contribution in [3.8, 4) is 0 Å². The number of hydrogen-bond acceptors (Lipinski definition) is 3. The van der Waals surface area contributed by atoms with Gasteiger partial charge in [0.1, 0.15) is 0 Å². The Morgan fingerprint density at radius 2 is 1.93 bits per heavy atom. The number of hydrogen-bond donors (Lipinski definition) is 0. The van der Waals surface area contributed by atoms with Gasteiger partial charge in [-0.1, -0.05) is 78.6 Å². The van der Waals surface area contributed by atoms with Crippen molar-refractivity contribution in [2.45, 2.75) is 32.9 Å². The molecule has 1 atom stereocenters. The molecule has 0 saturated carbocycles. The van der Waals surface area contributed by atoms with E-state index in [0.717, 1.165) is 16.8 Å². The molecule has 3 rings (SSSR count). The van der Waals surface area contributed by atoms with Gasteiger partial charge in [-0.2, -0.15) is 0 Å². The molecule has 6 heteroatoms. The Morgan fingerprint density at radius 1 is 1.19 bits per heavy atom. The highest BCUT2D eigenvalue weighted by atomic mass is 35.5. The normalized spacial score (nSPS) is 16.2. The third kappa shape index (κ3) is 5.02. The minimum Gasteiger partial charge on any atom is -0.390 e. The van der Waals surface area contributed by atoms with Crippen LogP contribution in [-0.4, -0.2) is 29.2 Å². The Hall–Kier alpha value is -2.04. The molecule has 1 aliphatic rings. The summed E-state index contributed by atoms with van der Waals surface area (Å²) >= 11 is 12.1. The second-order valence-corrected chi connectivity index (χ2v) is 7.77. The van der Waals surface area contributed by atoms with Crippen LogP contribution in [0.2, 0.25) is 10.0 Å². The lowest BCUT2D eigenvalue weighted by atomic mass is 10.0. The van der Waals surface area contributed by atoms with Crippen molar-refractivity contribution in [2.24, 2.45) is 11.1 Å². The van der Waals surface area contributed by atoms with Crippen LogP contribution < -0.4 is 0 Å². The molecule has 0 aromatic heterocycles. The molecule has 1 aliphatic heterocycles. The summed E-state index contributed by atoms with van der Waals surface area (Å²) in [7, 11) is 0. The number of amides is 1. The number of nitrogens with zero attached hydrogens (tertiary/aromatic N) is 2. The lowest BCUT2D eigenvalue weighted by Gasteiger charge is -2.26. The van der Waals surface area contributed by atoms with Crippen molar-refractivity contribution in [2.75, 3.05) is 6.54 Å². The minimum atomic E-state index is -0.180. The van der Waals surface area contributed by atoms with Crippen molar-refractivity contribution < 1.29 is 9.63 Å². The Balaban J connectivity index is 1.68. The van der Waals surface area contributed by atoms with Gasteiger partial charge >= 0.3 is 0 Å². The van der Waals surface area contributed by atoms with Gasteiger partial charge in [0.2, 0.25) is 5.91 Å². The summed E-state index contributed by atoms with van der Waals surface area (Å²) in [6.07, 6.45) is 0.440. The van der Waals surface area contributed by atoms with Gasteiger partial charge in [0.25, 0.3) is 0 Å². The molecule has 142 valence electrons. The topological polar surface area (TPSA) is 41.9 Å². The summed E-state index contributed by atoms with van der Waals surface area (Å²) < 4.78 is 0. The molecule has 2 aromatic rings. The van der Waals surface area contributed by atoms with Crippen LogP contribution in [-0.2, 0) is 16.2 Å². The Kier molecular flexibility index (Phi) is 6.40. The van der Waals surface area contributed by atoms with Crippen LogP contribution in [0.15, 0.2) is 53.7 Å². The van der Waals surface area contributed by atoms with E-state index in [1.165, 1.54) is 0 Å². The highest BCUT2D eigenvalue weighted by Crippen LogP contribution is 2.26. The largest absolute Gasteiger partial charge is 0.390 e. The van der Waals surface area contributed by atoms with Crippen molar-refractivity contribution in [3.63, 3.8) is 0 Å². The Morgan fingerprint density at radius 3 is 2.59 bits per heavy atom. The van der Waals surface area contributed by atoms with Crippen LogP contribution >= 0.6 is 23.2 Å². The first-order valence-electron chi connectivity index (χ1n) is 8.95. The fourth-order valence-electron chi connectivity index (χ4n) is 3.02. The van der Waals surface area contributed by atoms with E-state index in [-0.39, 0.29) is 17.9 Å². The first-order chi connectivity index (χ1) is 12.9. The summed E-state index contributed by atoms with van der Waals surface area (Å²) in [6.45, 7) is 4.86. The molecule has 0 saturated heterocycles. The molecule has 0 radical (unpaired) electrons. The summed E-state index contributed by atoms with van der Waals surface area (Å²) in [5.74, 6) is 0.0241. The number of carbonyl (C=O) groups is 1. The van der Waals surface area contributed by atoms with Gasteiger partial charge < -0.3 is 9.74 Å². The molecule has 1 unspecified atom stereocenters. The molecule has 4 nitrogen and oxygen atoms in total. The first-order valence-corrected chi connectivity index (χ1v) is 9.70. The van der Waals surface area contributed by atoms with E-state index in [1.807, 2.05) is 55.1 Å². The summed E-state index contributed by atoms with van der Waals surface area (Å²) in [5.41, 5.74) is 2.79. The summed E-state index contributed by atoms with van der Waals surface area (Å²) in [5, 5.41) is 5.19. The first kappa shape index (κ1) is 19.7. The molecule has 2 aromatic carbocycles. The molecule has 1 heterocycles. The van der Waals surface area contributed by atoms with Gasteiger partial charge in [-0.05, 0) is 17.7 Å². The van der Waals surface area contributed by atoms with Crippen LogP contribution in [0.25, 0.3) is 0 Å². The number of halogens is 2. The molecule has 0 fully saturated rings. The van der Waals surface area contributed by atoms with Gasteiger partial charge in [-0.3, -0.25) is 4.79 Å². The van der Waals surface area contributed by atoms with E-state index >= 15 is 0 Å². The third-order valence-electron chi connectivity index (χ3n) is 4.43. The standard InChI is InChI=1S/C21H22Cl2N2O2/c1-14(2)21(26)25(12-15-6-4-3-5-7-15)13-17-11-20(24-27-17)16-8-9-18(22)19(23)10-16/h3-10,14,17H,11-13H2,1-2H3. The van der Waals surface area contributed by atoms with E-state index < -0.39 is 0 Å². The smallest absolute Gasteiger partial charge is 0.225 e. The molecular weight excluding hydrogens is 383 g/mol. The zero-order valence-corrected chi connectivity index (χ0v) is 16.9. The predicted molar refractivity (Wildman–Crippen MR) is 109 cm³/mol. The van der Waals surface area contributed by atoms with E-state index in [0.29, 0.717) is 29.6 Å². The lowest BCUT2D eigenvalue weighted by molar-refractivity contribution is -0.136. The second kappa shape index (κ2) is 8.77. The molecule has 1 amide bonds. The highest BCUT2D eigenvalue weighted by Gasteiger charge is 2.28. The SMILES string of the molecule is CC(C)C(=O)N(Cc1ccccc1)CC1CC(c2ccc(Cl)c(Cl)c2)=NO1. The van der Waals surface area contributed by atoms with Gasteiger partial charge in [0.05, 0.1) is 22.3 Å². The third-order valence-corrected chi connectivity index (χ3v) is 5.17. The van der Waals surface area contributed by atoms with Crippen LogP contribution in [0.5, 0.6) is 0 Å². The zero-order chi connectivity index (χ0) is 19.4. The van der Waals surface area contributed by atoms with Crippen molar-refractivity contribution >= 4 is 34.8 Å². The van der Waals surface area contributed by atoms with Gasteiger partial charge in [-0.25, -0.2) is 0 Å². The second-order valence-electron chi connectivity index (χ2n) is 6.96. The van der Waals surface area contributed by atoms with Gasteiger partial charge in [0.15, 0.2) is 6.10 Å². The zero-order valence-electron chi connectivity index (χ0n) is 15.4. The quantitative estimate of drug-likeness (QED) is 0.665. The Labute approximate surface area is 169 Å². The maximum atomic E-state index is 12.7. The average Bonchev–Trinajstić information content (AvgIpc) is 3.12. The highest BCUT2D eigenvalue weighted by molar-refractivity contribution is 6.42. The summed E-state index contributed by atoms with van der Waals surface area (Å²) in [6, 6.07) is 15.4. The maximum Gasteiger partial charge on any atom is 0.225 e. The number of carbonyl (C=O) groups excluding carboxylic acids is 1. The van der Waals surface area contributed by atoms with Gasteiger partial charge in [0, 0.05) is 24.4 Å². The molecule has 0 aliphatic carbocycles. The number of benzene rings is 2. The number of rotatable bonds is 6. The van der Waals surface area contributed by atoms with Crippen LogP contribution in [0.1, 0.15) is 31.4 Å². The van der Waals surface area contributed by atoms with Crippen LogP contribution in [0.3, 0.4) is 0 Å². The minimum absolute atomic E-state index is 0.0782. The fraction of sp³-hybridized carbons (Fsp3) is 0.333. The monoisotopic (exact) mass is 404 g/mol. The van der Waals surface area contributed by atoms with Crippen LogP contribution in [0.4, 0.5) is 0 Å². The fourth-order valence-corrected chi connectivity index (χ4v) is 3.32. The predicted octanol–water partition coefficient (Wildman–Crippen LogP) is 5.17. The van der Waals surface area contributed by atoms with Gasteiger partial charge in [-0.15, -0.1) is 0 Å². The molecule has 0 bridgehead atoms. The lowest BCUT2D eigenvalue weighted by Crippen LogP contribution is -2.39. The summed E-state index contributed by atoms with van der Waals surface area (Å²) in [4.78, 5) is 20.1. The van der Waals surface area contributed by atoms with E-state index in [2.05, 4.69) is 5.16 Å². The van der Waals surface area contributed by atoms with Crippen molar-refractivity contribution in [1.29, 1.82) is 0 Å². The maximum absolute atomic E-state index is 12.7. The molecule has 0 N–H and O–H groups in total. The van der Waals surface area contributed by atoms with E-state index in [9.17, 15) is 4.79 Å². The Bertz CT molecular complexity index is 837. The molecule has 27 heavy (non-hydrogen) atoms. The van der Waals surface area contributed by atoms with Crippen molar-refractivity contribution in [1.82, 2.24) is 4.90 Å². The van der Waals surface area contributed by atoms with E-state index in [4.69, 9.17) is 28.0 Å². The molecular formula is C21H22Cl2N2O2. The van der Waals surface area contributed by atoms with E-state index in [1.54, 1.807) is 12.1 Å². The molecule has 0 spiro atoms. The number of oxime groups is 1. The average molecular weight is 405 g/mol. The van der Waals surface area contributed by atoms with Crippen LogP contribution in [0, 0.1) is 5.92 Å².